The van der Waals surface area contributed by atoms with Crippen molar-refractivity contribution in [3.05, 3.63) is 58.7 Å². The highest BCUT2D eigenvalue weighted by Crippen LogP contribution is 2.30. The third-order valence-electron chi connectivity index (χ3n) is 3.51. The second-order valence-corrected chi connectivity index (χ2v) is 5.42. The molecule has 0 fully saturated rings. The maximum atomic E-state index is 6.03. The Balaban J connectivity index is 2.01. The van der Waals surface area contributed by atoms with E-state index < -0.39 is 0 Å². The lowest BCUT2D eigenvalue weighted by atomic mass is 10.1. The largest absolute Gasteiger partial charge is 0.464 e. The van der Waals surface area contributed by atoms with E-state index in [9.17, 15) is 0 Å². The summed E-state index contributed by atoms with van der Waals surface area (Å²) in [4.78, 5) is 0. The molecular formula is C17H18ClNO2. The maximum Gasteiger partial charge on any atom is 0.134 e. The van der Waals surface area contributed by atoms with Crippen molar-refractivity contribution in [1.82, 2.24) is 5.32 Å². The standard InChI is InChI=1S/C17H18ClNO2/c1-3-13-6-8-15(20-13)17(19-4-2)16-10-11-9-12(18)5-7-14(11)21-16/h5-10,17,19H,3-4H2,1-2H3. The molecule has 0 saturated carbocycles. The molecular weight excluding hydrogens is 286 g/mol. The highest BCUT2D eigenvalue weighted by Gasteiger charge is 2.21. The molecule has 0 amide bonds. The zero-order valence-corrected chi connectivity index (χ0v) is 12.9. The predicted octanol–water partition coefficient (Wildman–Crippen LogP) is 4.94. The van der Waals surface area contributed by atoms with Crippen LogP contribution >= 0.6 is 11.6 Å². The molecule has 3 nitrogen and oxygen atoms in total. The summed E-state index contributed by atoms with van der Waals surface area (Å²) in [7, 11) is 0. The summed E-state index contributed by atoms with van der Waals surface area (Å²) in [6.07, 6.45) is 0.884. The van der Waals surface area contributed by atoms with Crippen molar-refractivity contribution < 1.29 is 8.83 Å². The van der Waals surface area contributed by atoms with Gasteiger partial charge in [-0.3, -0.25) is 0 Å². The molecule has 110 valence electrons. The van der Waals surface area contributed by atoms with Crippen molar-refractivity contribution in [2.75, 3.05) is 6.54 Å². The van der Waals surface area contributed by atoms with Gasteiger partial charge in [-0.05, 0) is 42.9 Å². The Kier molecular flexibility index (Phi) is 4.04. The Morgan fingerprint density at radius 1 is 1.05 bits per heavy atom. The molecule has 2 heterocycles. The second-order valence-electron chi connectivity index (χ2n) is 4.98. The van der Waals surface area contributed by atoms with Crippen molar-refractivity contribution in [3.8, 4) is 0 Å². The van der Waals surface area contributed by atoms with Gasteiger partial charge in [0.1, 0.15) is 28.9 Å². The summed E-state index contributed by atoms with van der Waals surface area (Å²) in [5.74, 6) is 2.69. The SMILES string of the molecule is CCNC(c1ccc(CC)o1)c1cc2cc(Cl)ccc2o1. The molecule has 1 N–H and O–H groups in total. The number of aryl methyl sites for hydroxylation is 1. The molecule has 0 spiro atoms. The number of hydrogen-bond acceptors (Lipinski definition) is 3. The minimum absolute atomic E-state index is 0.0820. The lowest BCUT2D eigenvalue weighted by molar-refractivity contribution is 0.389. The van der Waals surface area contributed by atoms with Gasteiger partial charge in [-0.25, -0.2) is 0 Å². The summed E-state index contributed by atoms with van der Waals surface area (Å²) in [6.45, 7) is 4.97. The molecule has 3 aromatic rings. The molecule has 1 aromatic carbocycles. The molecule has 1 unspecified atom stereocenters. The van der Waals surface area contributed by atoms with Crippen LogP contribution in [0.2, 0.25) is 5.02 Å². The smallest absolute Gasteiger partial charge is 0.134 e. The van der Waals surface area contributed by atoms with Gasteiger partial charge in [0.2, 0.25) is 0 Å². The number of halogens is 1. The molecule has 2 aromatic heterocycles. The number of fused-ring (bicyclic) bond motifs is 1. The molecule has 0 radical (unpaired) electrons. The number of benzene rings is 1. The molecule has 1 atom stereocenters. The number of hydrogen-bond donors (Lipinski definition) is 1. The van der Waals surface area contributed by atoms with Crippen molar-refractivity contribution in [1.29, 1.82) is 0 Å². The molecule has 0 aliphatic rings. The Morgan fingerprint density at radius 2 is 1.90 bits per heavy atom. The van der Waals surface area contributed by atoms with Crippen LogP contribution in [0.15, 0.2) is 45.2 Å². The van der Waals surface area contributed by atoms with E-state index >= 15 is 0 Å². The third-order valence-corrected chi connectivity index (χ3v) is 3.74. The van der Waals surface area contributed by atoms with E-state index in [0.717, 1.165) is 41.2 Å². The van der Waals surface area contributed by atoms with Crippen LogP contribution in [0, 0.1) is 0 Å². The first-order valence-electron chi connectivity index (χ1n) is 7.22. The minimum Gasteiger partial charge on any atom is -0.464 e. The van der Waals surface area contributed by atoms with Crippen molar-refractivity contribution in [3.63, 3.8) is 0 Å². The number of nitrogens with one attached hydrogen (secondary N) is 1. The Bertz CT molecular complexity index is 744. The molecule has 3 rings (SSSR count). The van der Waals surface area contributed by atoms with Crippen LogP contribution in [-0.4, -0.2) is 6.54 Å². The van der Waals surface area contributed by atoms with Crippen molar-refractivity contribution in [2.45, 2.75) is 26.3 Å². The van der Waals surface area contributed by atoms with Crippen LogP contribution in [0.25, 0.3) is 11.0 Å². The predicted molar refractivity (Wildman–Crippen MR) is 84.8 cm³/mol. The van der Waals surface area contributed by atoms with E-state index in [1.807, 2.05) is 36.4 Å². The first-order valence-corrected chi connectivity index (χ1v) is 7.60. The average molecular weight is 304 g/mol. The Morgan fingerprint density at radius 3 is 2.62 bits per heavy atom. The van der Waals surface area contributed by atoms with E-state index in [4.69, 9.17) is 20.4 Å². The zero-order valence-electron chi connectivity index (χ0n) is 12.2. The first kappa shape index (κ1) is 14.2. The molecule has 0 aliphatic carbocycles. The van der Waals surface area contributed by atoms with Gasteiger partial charge >= 0.3 is 0 Å². The molecule has 0 saturated heterocycles. The van der Waals surface area contributed by atoms with E-state index in [-0.39, 0.29) is 6.04 Å². The quantitative estimate of drug-likeness (QED) is 0.725. The Labute approximate surface area is 128 Å². The monoisotopic (exact) mass is 303 g/mol. The summed E-state index contributed by atoms with van der Waals surface area (Å²) in [6, 6.07) is 11.6. The third kappa shape index (κ3) is 2.85. The van der Waals surface area contributed by atoms with E-state index in [2.05, 4.69) is 19.2 Å². The number of rotatable bonds is 5. The first-order chi connectivity index (χ1) is 10.2. The Hall–Kier alpha value is -1.71. The van der Waals surface area contributed by atoms with Crippen LogP contribution < -0.4 is 5.32 Å². The molecule has 4 heteroatoms. The van der Waals surface area contributed by atoms with Crippen LogP contribution in [0.4, 0.5) is 0 Å². The lowest BCUT2D eigenvalue weighted by Gasteiger charge is -2.12. The minimum atomic E-state index is -0.0820. The van der Waals surface area contributed by atoms with Gasteiger partial charge in [0.25, 0.3) is 0 Å². The summed E-state index contributed by atoms with van der Waals surface area (Å²) >= 11 is 6.03. The molecule has 0 bridgehead atoms. The van der Waals surface area contributed by atoms with Gasteiger partial charge in [-0.1, -0.05) is 25.4 Å². The zero-order chi connectivity index (χ0) is 14.8. The average Bonchev–Trinajstić information content (AvgIpc) is 3.10. The maximum absolute atomic E-state index is 6.03. The summed E-state index contributed by atoms with van der Waals surface area (Å²) < 4.78 is 11.8. The fourth-order valence-corrected chi connectivity index (χ4v) is 2.64. The normalized spacial score (nSPS) is 12.9. The molecule has 0 aliphatic heterocycles. The van der Waals surface area contributed by atoms with Crippen LogP contribution in [0.3, 0.4) is 0 Å². The number of furan rings is 2. The van der Waals surface area contributed by atoms with Gasteiger partial charge in [0.05, 0.1) is 0 Å². The van der Waals surface area contributed by atoms with E-state index in [0.29, 0.717) is 5.02 Å². The fraction of sp³-hybridized carbons (Fsp3) is 0.294. The van der Waals surface area contributed by atoms with Crippen molar-refractivity contribution >= 4 is 22.6 Å². The van der Waals surface area contributed by atoms with Gasteiger partial charge < -0.3 is 14.2 Å². The summed E-state index contributed by atoms with van der Waals surface area (Å²) in [5, 5.41) is 5.12. The summed E-state index contributed by atoms with van der Waals surface area (Å²) in [5.41, 5.74) is 0.833. The van der Waals surface area contributed by atoms with E-state index in [1.54, 1.807) is 0 Å². The van der Waals surface area contributed by atoms with E-state index in [1.165, 1.54) is 0 Å². The lowest BCUT2D eigenvalue weighted by Crippen LogP contribution is -2.20. The van der Waals surface area contributed by atoms with Crippen LogP contribution in [0.1, 0.15) is 37.2 Å². The van der Waals surface area contributed by atoms with Crippen LogP contribution in [0.5, 0.6) is 0 Å². The topological polar surface area (TPSA) is 38.3 Å². The molecule has 21 heavy (non-hydrogen) atoms. The fourth-order valence-electron chi connectivity index (χ4n) is 2.46. The highest BCUT2D eigenvalue weighted by molar-refractivity contribution is 6.31. The van der Waals surface area contributed by atoms with Gasteiger partial charge in [0.15, 0.2) is 0 Å². The van der Waals surface area contributed by atoms with Gasteiger partial charge in [-0.2, -0.15) is 0 Å². The second kappa shape index (κ2) is 5.96. The van der Waals surface area contributed by atoms with Crippen molar-refractivity contribution in [2.24, 2.45) is 0 Å². The van der Waals surface area contributed by atoms with Gasteiger partial charge in [0, 0.05) is 16.8 Å². The highest BCUT2D eigenvalue weighted by atomic mass is 35.5. The van der Waals surface area contributed by atoms with Gasteiger partial charge in [-0.15, -0.1) is 0 Å². The van der Waals surface area contributed by atoms with Crippen LogP contribution in [-0.2, 0) is 6.42 Å².